The molecule has 0 radical (unpaired) electrons. The molecular weight excluding hydrogens is 240 g/mol. The number of nitrogens with two attached hydrogens (primary N) is 1. The third-order valence-electron chi connectivity index (χ3n) is 4.13. The summed E-state index contributed by atoms with van der Waals surface area (Å²) in [5.74, 6) is -0.0197. The van der Waals surface area contributed by atoms with Crippen LogP contribution in [0.2, 0.25) is 0 Å². The maximum Gasteiger partial charge on any atom is 0.257 e. The molecule has 0 aliphatic carbocycles. The number of rotatable bonds is 2. The molecule has 3 N–H and O–H groups in total. The Morgan fingerprint density at radius 1 is 1.42 bits per heavy atom. The molecule has 1 aliphatic rings. The Labute approximate surface area is 114 Å². The van der Waals surface area contributed by atoms with Gasteiger partial charge in [0, 0.05) is 13.1 Å². The first-order valence-corrected chi connectivity index (χ1v) is 6.74. The molecule has 104 valence electrons. The number of piperidine rings is 1. The number of phenolic OH excluding ortho intramolecular Hbond substituents is 1. The summed E-state index contributed by atoms with van der Waals surface area (Å²) in [7, 11) is 0. The highest BCUT2D eigenvalue weighted by molar-refractivity contribution is 5.97. The third kappa shape index (κ3) is 2.89. The van der Waals surface area contributed by atoms with Gasteiger partial charge in [0.2, 0.25) is 0 Å². The van der Waals surface area contributed by atoms with Gasteiger partial charge in [-0.2, -0.15) is 0 Å². The van der Waals surface area contributed by atoms with Crippen LogP contribution in [-0.2, 0) is 0 Å². The second kappa shape index (κ2) is 5.21. The molecule has 1 aromatic carbocycles. The smallest absolute Gasteiger partial charge is 0.257 e. The van der Waals surface area contributed by atoms with E-state index in [1.54, 1.807) is 12.1 Å². The molecule has 0 aromatic heterocycles. The number of nitrogens with zero attached hydrogens (tertiary/aromatic N) is 1. The van der Waals surface area contributed by atoms with Crippen LogP contribution in [0.3, 0.4) is 0 Å². The number of benzene rings is 1. The molecular formula is C15H22N2O2. The molecule has 4 nitrogen and oxygen atoms in total. The molecule has 0 atom stereocenters. The standard InChI is InChI=1S/C15H22N2O2/c1-11-3-4-12(13(18)9-11)14(19)17-7-5-15(2,10-16)6-8-17/h3-4,9,18H,5-8,10,16H2,1-2H3. The molecule has 0 unspecified atom stereocenters. The van der Waals surface area contributed by atoms with Gasteiger partial charge in [0.1, 0.15) is 5.75 Å². The van der Waals surface area contributed by atoms with Crippen molar-refractivity contribution in [3.05, 3.63) is 29.3 Å². The minimum atomic E-state index is -0.0865. The fraction of sp³-hybridized carbons (Fsp3) is 0.533. The van der Waals surface area contributed by atoms with Gasteiger partial charge in [-0.3, -0.25) is 4.79 Å². The van der Waals surface area contributed by atoms with Gasteiger partial charge in [0.05, 0.1) is 5.56 Å². The molecule has 0 saturated carbocycles. The summed E-state index contributed by atoms with van der Waals surface area (Å²) in [5, 5.41) is 9.87. The van der Waals surface area contributed by atoms with E-state index in [-0.39, 0.29) is 17.1 Å². The van der Waals surface area contributed by atoms with Crippen LogP contribution in [0.25, 0.3) is 0 Å². The molecule has 1 aromatic rings. The van der Waals surface area contributed by atoms with Gasteiger partial charge >= 0.3 is 0 Å². The third-order valence-corrected chi connectivity index (χ3v) is 4.13. The van der Waals surface area contributed by atoms with Crippen molar-refractivity contribution in [3.63, 3.8) is 0 Å². The van der Waals surface area contributed by atoms with E-state index in [4.69, 9.17) is 5.73 Å². The zero-order chi connectivity index (χ0) is 14.0. The summed E-state index contributed by atoms with van der Waals surface area (Å²) in [6, 6.07) is 5.17. The molecule has 0 spiro atoms. The summed E-state index contributed by atoms with van der Waals surface area (Å²) in [4.78, 5) is 14.2. The maximum absolute atomic E-state index is 12.4. The Kier molecular flexibility index (Phi) is 3.80. The zero-order valence-corrected chi connectivity index (χ0v) is 11.6. The summed E-state index contributed by atoms with van der Waals surface area (Å²) in [6.07, 6.45) is 1.84. The van der Waals surface area contributed by atoms with Gasteiger partial charge in [-0.05, 0) is 49.4 Å². The number of hydrogen-bond donors (Lipinski definition) is 2. The first kappa shape index (κ1) is 13.9. The van der Waals surface area contributed by atoms with Crippen molar-refractivity contribution < 1.29 is 9.90 Å². The lowest BCUT2D eigenvalue weighted by Gasteiger charge is -2.38. The highest BCUT2D eigenvalue weighted by atomic mass is 16.3. The second-order valence-electron chi connectivity index (χ2n) is 5.83. The van der Waals surface area contributed by atoms with E-state index in [2.05, 4.69) is 6.92 Å². The first-order chi connectivity index (χ1) is 8.95. The van der Waals surface area contributed by atoms with E-state index < -0.39 is 0 Å². The maximum atomic E-state index is 12.4. The fourth-order valence-corrected chi connectivity index (χ4v) is 2.45. The molecule has 1 saturated heterocycles. The number of carbonyl (C=O) groups is 1. The molecule has 1 amide bonds. The van der Waals surface area contributed by atoms with E-state index in [1.165, 1.54) is 0 Å². The summed E-state index contributed by atoms with van der Waals surface area (Å²) in [6.45, 7) is 6.13. The monoisotopic (exact) mass is 262 g/mol. The minimum Gasteiger partial charge on any atom is -0.507 e. The summed E-state index contributed by atoms with van der Waals surface area (Å²) in [5.41, 5.74) is 7.25. The Morgan fingerprint density at radius 2 is 2.05 bits per heavy atom. The van der Waals surface area contributed by atoms with Gasteiger partial charge in [-0.15, -0.1) is 0 Å². The predicted molar refractivity (Wildman–Crippen MR) is 75.1 cm³/mol. The van der Waals surface area contributed by atoms with Crippen molar-refractivity contribution >= 4 is 5.91 Å². The van der Waals surface area contributed by atoms with Crippen LogP contribution in [-0.4, -0.2) is 35.5 Å². The van der Waals surface area contributed by atoms with E-state index in [1.807, 2.05) is 17.9 Å². The topological polar surface area (TPSA) is 66.6 Å². The number of carbonyl (C=O) groups excluding carboxylic acids is 1. The molecule has 4 heteroatoms. The molecule has 0 bridgehead atoms. The van der Waals surface area contributed by atoms with Gasteiger partial charge in [-0.1, -0.05) is 13.0 Å². The van der Waals surface area contributed by atoms with Crippen molar-refractivity contribution in [3.8, 4) is 5.75 Å². The number of aromatic hydroxyl groups is 1. The number of phenols is 1. The van der Waals surface area contributed by atoms with Crippen molar-refractivity contribution in [1.82, 2.24) is 4.90 Å². The quantitative estimate of drug-likeness (QED) is 0.855. The normalized spacial score (nSPS) is 18.4. The SMILES string of the molecule is Cc1ccc(C(=O)N2CCC(C)(CN)CC2)c(O)c1. The molecule has 2 rings (SSSR count). The predicted octanol–water partition coefficient (Wildman–Crippen LogP) is 1.90. The van der Waals surface area contributed by atoms with Crippen LogP contribution >= 0.6 is 0 Å². The van der Waals surface area contributed by atoms with Gasteiger partial charge in [0.25, 0.3) is 5.91 Å². The Hall–Kier alpha value is -1.55. The average molecular weight is 262 g/mol. The van der Waals surface area contributed by atoms with E-state index in [0.717, 1.165) is 18.4 Å². The van der Waals surface area contributed by atoms with Crippen LogP contribution in [0.4, 0.5) is 0 Å². The number of amides is 1. The number of hydrogen-bond acceptors (Lipinski definition) is 3. The lowest BCUT2D eigenvalue weighted by molar-refractivity contribution is 0.0615. The van der Waals surface area contributed by atoms with E-state index in [9.17, 15) is 9.90 Å². The van der Waals surface area contributed by atoms with E-state index >= 15 is 0 Å². The number of aryl methyl sites for hydroxylation is 1. The molecule has 19 heavy (non-hydrogen) atoms. The second-order valence-corrected chi connectivity index (χ2v) is 5.83. The van der Waals surface area contributed by atoms with Crippen molar-refractivity contribution in [2.75, 3.05) is 19.6 Å². The van der Waals surface area contributed by atoms with Crippen LogP contribution < -0.4 is 5.73 Å². The Balaban J connectivity index is 2.09. The summed E-state index contributed by atoms with van der Waals surface area (Å²) < 4.78 is 0. The summed E-state index contributed by atoms with van der Waals surface area (Å²) >= 11 is 0. The van der Waals surface area contributed by atoms with Crippen LogP contribution in [0.15, 0.2) is 18.2 Å². The van der Waals surface area contributed by atoms with Crippen LogP contribution in [0.1, 0.15) is 35.7 Å². The Morgan fingerprint density at radius 3 is 2.58 bits per heavy atom. The first-order valence-electron chi connectivity index (χ1n) is 6.74. The minimum absolute atomic E-state index is 0.0668. The molecule has 1 aliphatic heterocycles. The highest BCUT2D eigenvalue weighted by Gasteiger charge is 2.31. The highest BCUT2D eigenvalue weighted by Crippen LogP contribution is 2.31. The van der Waals surface area contributed by atoms with Crippen molar-refractivity contribution in [1.29, 1.82) is 0 Å². The van der Waals surface area contributed by atoms with E-state index in [0.29, 0.717) is 25.2 Å². The van der Waals surface area contributed by atoms with Crippen LogP contribution in [0, 0.1) is 12.3 Å². The Bertz CT molecular complexity index is 477. The van der Waals surface area contributed by atoms with Crippen LogP contribution in [0.5, 0.6) is 5.75 Å². The van der Waals surface area contributed by atoms with Gasteiger partial charge in [-0.25, -0.2) is 0 Å². The van der Waals surface area contributed by atoms with Crippen molar-refractivity contribution in [2.24, 2.45) is 11.1 Å². The lowest BCUT2D eigenvalue weighted by Crippen LogP contribution is -2.44. The zero-order valence-electron chi connectivity index (χ0n) is 11.6. The largest absolute Gasteiger partial charge is 0.507 e. The lowest BCUT2D eigenvalue weighted by atomic mass is 9.80. The van der Waals surface area contributed by atoms with Gasteiger partial charge < -0.3 is 15.7 Å². The van der Waals surface area contributed by atoms with Crippen molar-refractivity contribution in [2.45, 2.75) is 26.7 Å². The number of likely N-dealkylation sites (tertiary alicyclic amines) is 1. The molecule has 1 fully saturated rings. The fourth-order valence-electron chi connectivity index (χ4n) is 2.45. The van der Waals surface area contributed by atoms with Gasteiger partial charge in [0.15, 0.2) is 0 Å². The average Bonchev–Trinajstić information content (AvgIpc) is 2.39. The molecule has 1 heterocycles.